The third-order valence-electron chi connectivity index (χ3n) is 3.73. The Morgan fingerprint density at radius 3 is 2.59 bits per heavy atom. The molecule has 1 atom stereocenters. The summed E-state index contributed by atoms with van der Waals surface area (Å²) >= 11 is 0. The van der Waals surface area contributed by atoms with Gasteiger partial charge in [-0.05, 0) is 25.8 Å². The molecule has 22 heavy (non-hydrogen) atoms. The van der Waals surface area contributed by atoms with Gasteiger partial charge in [0.05, 0.1) is 23.9 Å². The van der Waals surface area contributed by atoms with Crippen LogP contribution >= 0.6 is 0 Å². The zero-order valence-electron chi connectivity index (χ0n) is 13.3. The van der Waals surface area contributed by atoms with Gasteiger partial charge in [0.15, 0.2) is 0 Å². The van der Waals surface area contributed by atoms with E-state index in [0.29, 0.717) is 11.3 Å². The molecule has 0 aliphatic heterocycles. The fourth-order valence-electron chi connectivity index (χ4n) is 2.61. The molecule has 1 heterocycles. The molecular weight excluding hydrogens is 278 g/mol. The van der Waals surface area contributed by atoms with Crippen LogP contribution in [0.5, 0.6) is 0 Å². The van der Waals surface area contributed by atoms with Crippen LogP contribution in [-0.4, -0.2) is 27.4 Å². The third-order valence-corrected chi connectivity index (χ3v) is 3.73. The maximum atomic E-state index is 12.6. The summed E-state index contributed by atoms with van der Waals surface area (Å²) < 4.78 is 1.86. The number of carbonyl (C=O) groups is 1. The van der Waals surface area contributed by atoms with Gasteiger partial charge in [-0.2, -0.15) is 5.10 Å². The van der Waals surface area contributed by atoms with Gasteiger partial charge in [-0.3, -0.25) is 9.48 Å². The molecule has 0 aliphatic rings. The monoisotopic (exact) mass is 301 g/mol. The lowest BCUT2D eigenvalue weighted by atomic mass is 10.1. The van der Waals surface area contributed by atoms with Crippen LogP contribution in [-0.2, 0) is 6.54 Å². The quantitative estimate of drug-likeness (QED) is 0.861. The van der Waals surface area contributed by atoms with Crippen LogP contribution < -0.4 is 5.32 Å². The van der Waals surface area contributed by atoms with Gasteiger partial charge < -0.3 is 10.4 Å². The fraction of sp³-hybridized carbons (Fsp3) is 0.412. The lowest BCUT2D eigenvalue weighted by Gasteiger charge is -2.17. The number of carbonyl (C=O) groups excluding carboxylic acids is 1. The Morgan fingerprint density at radius 2 is 2.00 bits per heavy atom. The van der Waals surface area contributed by atoms with E-state index < -0.39 is 6.04 Å². The molecule has 0 saturated carbocycles. The van der Waals surface area contributed by atoms with Crippen LogP contribution in [0.2, 0.25) is 0 Å². The van der Waals surface area contributed by atoms with Crippen molar-refractivity contribution in [2.75, 3.05) is 6.61 Å². The van der Waals surface area contributed by atoms with Crippen LogP contribution in [0.1, 0.15) is 46.7 Å². The minimum absolute atomic E-state index is 0.142. The van der Waals surface area contributed by atoms with Gasteiger partial charge in [-0.25, -0.2) is 0 Å². The zero-order chi connectivity index (χ0) is 16.1. The van der Waals surface area contributed by atoms with Gasteiger partial charge in [0.1, 0.15) is 0 Å². The number of rotatable bonds is 6. The van der Waals surface area contributed by atoms with Crippen LogP contribution in [0.4, 0.5) is 0 Å². The van der Waals surface area contributed by atoms with Gasteiger partial charge in [0.2, 0.25) is 0 Å². The molecule has 5 nitrogen and oxygen atoms in total. The number of amides is 1. The van der Waals surface area contributed by atoms with E-state index >= 15 is 0 Å². The predicted molar refractivity (Wildman–Crippen MR) is 85.7 cm³/mol. The molecule has 1 aromatic heterocycles. The van der Waals surface area contributed by atoms with Crippen molar-refractivity contribution in [1.82, 2.24) is 15.1 Å². The molecule has 0 aliphatic carbocycles. The van der Waals surface area contributed by atoms with E-state index in [9.17, 15) is 9.90 Å². The van der Waals surface area contributed by atoms with Crippen LogP contribution in [0.25, 0.3) is 0 Å². The van der Waals surface area contributed by atoms with Crippen molar-refractivity contribution in [3.63, 3.8) is 0 Å². The topological polar surface area (TPSA) is 67.2 Å². The van der Waals surface area contributed by atoms with Crippen molar-refractivity contribution >= 4 is 5.91 Å². The summed E-state index contributed by atoms with van der Waals surface area (Å²) in [5, 5.41) is 16.9. The van der Waals surface area contributed by atoms with E-state index in [1.165, 1.54) is 0 Å². The molecule has 5 heteroatoms. The molecule has 1 amide bonds. The Balaban J connectivity index is 2.21. The second-order valence-electron chi connectivity index (χ2n) is 5.39. The summed E-state index contributed by atoms with van der Waals surface area (Å²) in [6, 6.07) is 9.05. The summed E-state index contributed by atoms with van der Waals surface area (Å²) in [6.45, 7) is 6.47. The molecule has 2 N–H and O–H groups in total. The number of aryl methyl sites for hydroxylation is 2. The average molecular weight is 301 g/mol. The van der Waals surface area contributed by atoms with Crippen molar-refractivity contribution in [2.45, 2.75) is 39.8 Å². The second-order valence-corrected chi connectivity index (χ2v) is 5.39. The smallest absolute Gasteiger partial charge is 0.255 e. The Morgan fingerprint density at radius 1 is 1.32 bits per heavy atom. The molecule has 0 radical (unpaired) electrons. The standard InChI is InChI=1S/C17H23N3O2/c1-4-10-20-13(3)16(12(2)19-20)17(22)18-15(11-21)14-8-6-5-7-9-14/h5-9,15,21H,4,10-11H2,1-3H3,(H,18,22)/t15-/m1/s1. The van der Waals surface area contributed by atoms with Crippen LogP contribution in [0, 0.1) is 13.8 Å². The van der Waals surface area contributed by atoms with E-state index in [-0.39, 0.29) is 12.5 Å². The molecule has 2 rings (SSSR count). The number of hydrogen-bond donors (Lipinski definition) is 2. The Kier molecular flexibility index (Phi) is 5.33. The first-order chi connectivity index (χ1) is 10.6. The van der Waals surface area contributed by atoms with E-state index in [4.69, 9.17) is 0 Å². The minimum Gasteiger partial charge on any atom is -0.394 e. The first-order valence-corrected chi connectivity index (χ1v) is 7.59. The molecule has 0 fully saturated rings. The number of aromatic nitrogens is 2. The first kappa shape index (κ1) is 16.2. The molecule has 0 spiro atoms. The highest BCUT2D eigenvalue weighted by atomic mass is 16.3. The second kappa shape index (κ2) is 7.22. The summed E-state index contributed by atoms with van der Waals surface area (Å²) in [4.78, 5) is 12.6. The fourth-order valence-corrected chi connectivity index (χ4v) is 2.61. The highest BCUT2D eigenvalue weighted by Gasteiger charge is 2.21. The summed E-state index contributed by atoms with van der Waals surface area (Å²) in [5.41, 5.74) is 3.06. The summed E-state index contributed by atoms with van der Waals surface area (Å²) in [7, 11) is 0. The normalized spacial score (nSPS) is 12.2. The zero-order valence-corrected chi connectivity index (χ0v) is 13.3. The Labute approximate surface area is 131 Å². The number of nitrogens with zero attached hydrogens (tertiary/aromatic N) is 2. The predicted octanol–water partition coefficient (Wildman–Crippen LogP) is 2.37. The number of aliphatic hydroxyl groups is 1. The molecule has 0 unspecified atom stereocenters. The highest BCUT2D eigenvalue weighted by molar-refractivity contribution is 5.96. The van der Waals surface area contributed by atoms with Crippen molar-refractivity contribution in [3.8, 4) is 0 Å². The van der Waals surface area contributed by atoms with Crippen LogP contribution in [0.15, 0.2) is 30.3 Å². The number of benzene rings is 1. The lowest BCUT2D eigenvalue weighted by Crippen LogP contribution is -2.31. The maximum absolute atomic E-state index is 12.6. The number of aliphatic hydroxyl groups excluding tert-OH is 1. The molecule has 1 aromatic carbocycles. The van der Waals surface area contributed by atoms with Crippen molar-refractivity contribution in [1.29, 1.82) is 0 Å². The minimum atomic E-state index is -0.415. The number of nitrogens with one attached hydrogen (secondary N) is 1. The van der Waals surface area contributed by atoms with E-state index in [1.807, 2.05) is 48.9 Å². The molecule has 2 aromatic rings. The van der Waals surface area contributed by atoms with Gasteiger partial charge in [0, 0.05) is 12.2 Å². The summed E-state index contributed by atoms with van der Waals surface area (Å²) in [5.74, 6) is -0.194. The molecule has 118 valence electrons. The van der Waals surface area contributed by atoms with Gasteiger partial charge in [-0.15, -0.1) is 0 Å². The highest BCUT2D eigenvalue weighted by Crippen LogP contribution is 2.17. The first-order valence-electron chi connectivity index (χ1n) is 7.59. The molecule has 0 bridgehead atoms. The van der Waals surface area contributed by atoms with E-state index in [1.54, 1.807) is 0 Å². The SMILES string of the molecule is CCCn1nc(C)c(C(=O)N[C@H](CO)c2ccccc2)c1C. The average Bonchev–Trinajstić information content (AvgIpc) is 2.80. The van der Waals surface area contributed by atoms with Gasteiger partial charge >= 0.3 is 0 Å². The third kappa shape index (κ3) is 3.36. The summed E-state index contributed by atoms with van der Waals surface area (Å²) in [6.07, 6.45) is 0.965. The van der Waals surface area contributed by atoms with E-state index in [0.717, 1.165) is 24.2 Å². The van der Waals surface area contributed by atoms with Crippen molar-refractivity contribution < 1.29 is 9.90 Å². The van der Waals surface area contributed by atoms with Crippen LogP contribution in [0.3, 0.4) is 0 Å². The number of hydrogen-bond acceptors (Lipinski definition) is 3. The van der Waals surface area contributed by atoms with E-state index in [2.05, 4.69) is 17.3 Å². The maximum Gasteiger partial charge on any atom is 0.255 e. The molecule has 0 saturated heterocycles. The Hall–Kier alpha value is -2.14. The van der Waals surface area contributed by atoms with Crippen molar-refractivity contribution in [2.24, 2.45) is 0 Å². The Bertz CT molecular complexity index is 635. The largest absolute Gasteiger partial charge is 0.394 e. The van der Waals surface area contributed by atoms with Gasteiger partial charge in [-0.1, -0.05) is 37.3 Å². The molecular formula is C17H23N3O2. The van der Waals surface area contributed by atoms with Crippen molar-refractivity contribution in [3.05, 3.63) is 52.8 Å². The lowest BCUT2D eigenvalue weighted by molar-refractivity contribution is 0.0915. The van der Waals surface area contributed by atoms with Gasteiger partial charge in [0.25, 0.3) is 5.91 Å².